The number of nitrogens with one attached hydrogen (secondary N) is 4. The number of anilines is 4. The van der Waals surface area contributed by atoms with Crippen molar-refractivity contribution in [1.29, 1.82) is 0 Å². The predicted molar refractivity (Wildman–Crippen MR) is 130 cm³/mol. The Labute approximate surface area is 195 Å². The molecule has 2 aromatic rings. The van der Waals surface area contributed by atoms with Gasteiger partial charge in [-0.2, -0.15) is 15.0 Å². The third-order valence-electron chi connectivity index (χ3n) is 6.66. The Balaban J connectivity index is 1.52. The van der Waals surface area contributed by atoms with Crippen LogP contribution in [0.3, 0.4) is 0 Å². The molecule has 1 saturated carbocycles. The van der Waals surface area contributed by atoms with E-state index in [0.717, 1.165) is 25.9 Å². The zero-order chi connectivity index (χ0) is 23.0. The van der Waals surface area contributed by atoms with Gasteiger partial charge >= 0.3 is 0 Å². The molecule has 2 fully saturated rings. The van der Waals surface area contributed by atoms with Crippen molar-refractivity contribution in [1.82, 2.24) is 20.3 Å². The van der Waals surface area contributed by atoms with Crippen LogP contribution < -0.4 is 26.0 Å². The average molecular weight is 458 g/mol. The molecular formula is C24H36FN7O. The molecule has 1 aromatic carbocycles. The molecule has 0 amide bonds. The van der Waals surface area contributed by atoms with Crippen molar-refractivity contribution in [2.45, 2.75) is 70.4 Å². The summed E-state index contributed by atoms with van der Waals surface area (Å²) in [7, 11) is 1.45. The molecule has 0 bridgehead atoms. The molecule has 1 aliphatic carbocycles. The normalized spacial score (nSPS) is 19.8. The fourth-order valence-electron chi connectivity index (χ4n) is 4.78. The second-order valence-corrected chi connectivity index (χ2v) is 9.03. The number of benzene rings is 1. The third-order valence-corrected chi connectivity index (χ3v) is 6.66. The lowest BCUT2D eigenvalue weighted by molar-refractivity contribution is 0.373. The highest BCUT2D eigenvalue weighted by Crippen LogP contribution is 2.25. The minimum Gasteiger partial charge on any atom is -0.494 e. The maximum Gasteiger partial charge on any atom is 0.233 e. The summed E-state index contributed by atoms with van der Waals surface area (Å²) < 4.78 is 19.2. The van der Waals surface area contributed by atoms with E-state index in [1.807, 2.05) is 0 Å². The van der Waals surface area contributed by atoms with Gasteiger partial charge in [-0.05, 0) is 56.7 Å². The first-order valence-electron chi connectivity index (χ1n) is 12.2. The molecule has 180 valence electrons. The Kier molecular flexibility index (Phi) is 8.15. The lowest BCUT2D eigenvalue weighted by Crippen LogP contribution is -2.40. The molecule has 0 spiro atoms. The average Bonchev–Trinajstić information content (AvgIpc) is 3.37. The number of ether oxygens (including phenoxy) is 1. The van der Waals surface area contributed by atoms with E-state index in [2.05, 4.69) is 43.1 Å². The highest BCUT2D eigenvalue weighted by Gasteiger charge is 2.24. The molecule has 1 saturated heterocycles. The van der Waals surface area contributed by atoms with Gasteiger partial charge in [0.2, 0.25) is 17.8 Å². The van der Waals surface area contributed by atoms with Crippen molar-refractivity contribution in [2.24, 2.45) is 5.92 Å². The summed E-state index contributed by atoms with van der Waals surface area (Å²) in [5.41, 5.74) is 0.549. The smallest absolute Gasteiger partial charge is 0.233 e. The van der Waals surface area contributed by atoms with Crippen LogP contribution in [-0.2, 0) is 0 Å². The number of nitrogens with zero attached hydrogens (tertiary/aromatic N) is 3. The Morgan fingerprint density at radius 1 is 1.06 bits per heavy atom. The summed E-state index contributed by atoms with van der Waals surface area (Å²) in [4.78, 5) is 13.8. The standard InChI is InChI=1S/C24H36FN7O/c1-3-19(20-10-7-13-26-20)29-24-31-22(27-15-16-8-5-4-6-9-16)30-23(32-24)28-17-11-12-21(33-2)18(25)14-17/h11-12,14,16,19-20,26H,3-10,13,15H2,1-2H3,(H3,27,28,29,30,31,32)/t19?,20-/m1/s1. The minimum absolute atomic E-state index is 0.197. The van der Waals surface area contributed by atoms with E-state index in [9.17, 15) is 4.39 Å². The topological polar surface area (TPSA) is 96.0 Å². The lowest BCUT2D eigenvalue weighted by atomic mass is 9.89. The van der Waals surface area contributed by atoms with Crippen LogP contribution in [0.25, 0.3) is 0 Å². The van der Waals surface area contributed by atoms with Crippen LogP contribution >= 0.6 is 0 Å². The summed E-state index contributed by atoms with van der Waals surface area (Å²) in [5.74, 6) is 1.83. The van der Waals surface area contributed by atoms with Crippen LogP contribution in [0.4, 0.5) is 27.9 Å². The molecule has 1 unspecified atom stereocenters. The molecule has 4 N–H and O–H groups in total. The molecule has 2 heterocycles. The fraction of sp³-hybridized carbons (Fsp3) is 0.625. The van der Waals surface area contributed by atoms with Crippen LogP contribution in [0, 0.1) is 11.7 Å². The SMILES string of the molecule is CCC(Nc1nc(NCC2CCCCC2)nc(Nc2ccc(OC)c(F)c2)n1)[C@H]1CCCN1. The Morgan fingerprint density at radius 2 is 1.85 bits per heavy atom. The molecule has 2 aliphatic rings. The Morgan fingerprint density at radius 3 is 2.55 bits per heavy atom. The van der Waals surface area contributed by atoms with Gasteiger partial charge in [-0.15, -0.1) is 0 Å². The Hall–Kier alpha value is -2.68. The molecule has 2 atom stereocenters. The predicted octanol–water partition coefficient (Wildman–Crippen LogP) is 4.70. The van der Waals surface area contributed by atoms with Gasteiger partial charge in [0, 0.05) is 30.4 Å². The number of hydrogen-bond donors (Lipinski definition) is 4. The molecule has 33 heavy (non-hydrogen) atoms. The molecule has 8 nitrogen and oxygen atoms in total. The van der Waals surface area contributed by atoms with E-state index in [0.29, 0.717) is 35.5 Å². The number of hydrogen-bond acceptors (Lipinski definition) is 8. The van der Waals surface area contributed by atoms with Gasteiger partial charge in [0.15, 0.2) is 11.6 Å². The summed E-state index contributed by atoms with van der Waals surface area (Å²) >= 11 is 0. The first-order chi connectivity index (χ1) is 16.1. The van der Waals surface area contributed by atoms with Crippen molar-refractivity contribution in [2.75, 3.05) is 36.1 Å². The Bertz CT molecular complexity index is 900. The van der Waals surface area contributed by atoms with Crippen molar-refractivity contribution in [3.8, 4) is 5.75 Å². The van der Waals surface area contributed by atoms with Crippen LogP contribution in [-0.4, -0.2) is 47.2 Å². The van der Waals surface area contributed by atoms with Crippen molar-refractivity contribution >= 4 is 23.5 Å². The van der Waals surface area contributed by atoms with Crippen LogP contribution in [0.5, 0.6) is 5.75 Å². The van der Waals surface area contributed by atoms with E-state index in [1.165, 1.54) is 51.7 Å². The summed E-state index contributed by atoms with van der Waals surface area (Å²) in [6.07, 6.45) is 9.67. The molecule has 1 aromatic heterocycles. The number of aromatic nitrogens is 3. The first kappa shape index (κ1) is 23.5. The second kappa shape index (κ2) is 11.4. The number of halogens is 1. The highest BCUT2D eigenvalue weighted by atomic mass is 19.1. The van der Waals surface area contributed by atoms with E-state index in [-0.39, 0.29) is 11.8 Å². The molecule has 0 radical (unpaired) electrons. The first-order valence-corrected chi connectivity index (χ1v) is 12.2. The van der Waals surface area contributed by atoms with Gasteiger partial charge < -0.3 is 26.0 Å². The van der Waals surface area contributed by atoms with Gasteiger partial charge in [0.1, 0.15) is 0 Å². The zero-order valence-corrected chi connectivity index (χ0v) is 19.7. The quantitative estimate of drug-likeness (QED) is 0.408. The highest BCUT2D eigenvalue weighted by molar-refractivity contribution is 5.57. The van der Waals surface area contributed by atoms with E-state index in [1.54, 1.807) is 12.1 Å². The van der Waals surface area contributed by atoms with Gasteiger partial charge in [-0.1, -0.05) is 26.2 Å². The summed E-state index contributed by atoms with van der Waals surface area (Å²) in [5, 5.41) is 13.6. The van der Waals surface area contributed by atoms with Crippen molar-refractivity contribution in [3.05, 3.63) is 24.0 Å². The van der Waals surface area contributed by atoms with E-state index in [4.69, 9.17) is 4.74 Å². The molecule has 1 aliphatic heterocycles. The maximum atomic E-state index is 14.2. The molecular weight excluding hydrogens is 421 g/mol. The van der Waals surface area contributed by atoms with Crippen molar-refractivity contribution < 1.29 is 9.13 Å². The largest absolute Gasteiger partial charge is 0.494 e. The summed E-state index contributed by atoms with van der Waals surface area (Å²) in [6, 6.07) is 5.33. The number of rotatable bonds is 10. The van der Waals surface area contributed by atoms with Gasteiger partial charge in [-0.25, -0.2) is 4.39 Å². The second-order valence-electron chi connectivity index (χ2n) is 9.03. The van der Waals surface area contributed by atoms with Crippen LogP contribution in [0.15, 0.2) is 18.2 Å². The molecule has 9 heteroatoms. The minimum atomic E-state index is -0.441. The lowest BCUT2D eigenvalue weighted by Gasteiger charge is -2.24. The monoisotopic (exact) mass is 457 g/mol. The van der Waals surface area contributed by atoms with Crippen LogP contribution in [0.2, 0.25) is 0 Å². The van der Waals surface area contributed by atoms with Gasteiger partial charge in [-0.3, -0.25) is 0 Å². The van der Waals surface area contributed by atoms with Gasteiger partial charge in [0.25, 0.3) is 0 Å². The van der Waals surface area contributed by atoms with Crippen LogP contribution in [0.1, 0.15) is 58.3 Å². The summed E-state index contributed by atoms with van der Waals surface area (Å²) in [6.45, 7) is 4.06. The molecule has 4 rings (SSSR count). The van der Waals surface area contributed by atoms with Gasteiger partial charge in [0.05, 0.1) is 7.11 Å². The zero-order valence-electron chi connectivity index (χ0n) is 19.7. The van der Waals surface area contributed by atoms with E-state index < -0.39 is 5.82 Å². The van der Waals surface area contributed by atoms with E-state index >= 15 is 0 Å². The van der Waals surface area contributed by atoms with Crippen molar-refractivity contribution in [3.63, 3.8) is 0 Å². The number of methoxy groups -OCH3 is 1. The maximum absolute atomic E-state index is 14.2. The third kappa shape index (κ3) is 6.43. The fourth-order valence-corrected chi connectivity index (χ4v) is 4.78.